The summed E-state index contributed by atoms with van der Waals surface area (Å²) in [5.74, 6) is -0.216. The van der Waals surface area contributed by atoms with Gasteiger partial charge in [-0.25, -0.2) is 0 Å². The highest BCUT2D eigenvalue weighted by Crippen LogP contribution is 2.19. The second kappa shape index (κ2) is 9.02. The summed E-state index contributed by atoms with van der Waals surface area (Å²) in [6.45, 7) is 6.16. The lowest BCUT2D eigenvalue weighted by Gasteiger charge is -2.16. The first-order valence-corrected chi connectivity index (χ1v) is 8.73. The Morgan fingerprint density at radius 1 is 0.960 bits per heavy atom. The van der Waals surface area contributed by atoms with Crippen molar-refractivity contribution in [1.29, 1.82) is 0 Å². The number of carbonyl (C=O) groups is 2. The van der Waals surface area contributed by atoms with E-state index in [-0.39, 0.29) is 23.7 Å². The van der Waals surface area contributed by atoms with E-state index in [0.717, 1.165) is 23.2 Å². The first kappa shape index (κ1) is 18.7. The summed E-state index contributed by atoms with van der Waals surface area (Å²) in [6, 6.07) is 17.4. The third-order valence-electron chi connectivity index (χ3n) is 4.11. The van der Waals surface area contributed by atoms with Gasteiger partial charge in [0.25, 0.3) is 0 Å². The van der Waals surface area contributed by atoms with Gasteiger partial charge in [-0.3, -0.25) is 9.59 Å². The van der Waals surface area contributed by atoms with Gasteiger partial charge in [-0.2, -0.15) is 0 Å². The molecule has 0 bridgehead atoms. The predicted molar refractivity (Wildman–Crippen MR) is 101 cm³/mol. The molecule has 0 spiro atoms. The lowest BCUT2D eigenvalue weighted by atomic mass is 9.95. The molecule has 2 aromatic rings. The van der Waals surface area contributed by atoms with Crippen LogP contribution in [0.4, 0.5) is 5.69 Å². The number of amides is 2. The molecule has 0 aliphatic heterocycles. The molecule has 132 valence electrons. The van der Waals surface area contributed by atoms with Gasteiger partial charge in [0.1, 0.15) is 0 Å². The number of rotatable bonds is 7. The van der Waals surface area contributed by atoms with E-state index in [1.165, 1.54) is 0 Å². The van der Waals surface area contributed by atoms with Crippen molar-refractivity contribution < 1.29 is 9.59 Å². The predicted octanol–water partition coefficient (Wildman–Crippen LogP) is 4.09. The number of hydrogen-bond donors (Lipinski definition) is 2. The molecule has 4 nitrogen and oxygen atoms in total. The van der Waals surface area contributed by atoms with Crippen molar-refractivity contribution in [3.05, 3.63) is 65.7 Å². The molecule has 0 radical (unpaired) electrons. The fraction of sp³-hybridized carbons (Fsp3) is 0.333. The normalized spacial score (nSPS) is 11.8. The molecule has 4 heteroatoms. The van der Waals surface area contributed by atoms with Crippen LogP contribution in [0.5, 0.6) is 0 Å². The summed E-state index contributed by atoms with van der Waals surface area (Å²) >= 11 is 0. The van der Waals surface area contributed by atoms with Crippen LogP contribution in [-0.2, 0) is 16.1 Å². The van der Waals surface area contributed by atoms with E-state index in [1.54, 1.807) is 0 Å². The third-order valence-corrected chi connectivity index (χ3v) is 4.11. The van der Waals surface area contributed by atoms with Crippen molar-refractivity contribution in [2.24, 2.45) is 5.92 Å². The summed E-state index contributed by atoms with van der Waals surface area (Å²) in [5.41, 5.74) is 2.74. The lowest BCUT2D eigenvalue weighted by Crippen LogP contribution is -2.28. The molecule has 0 saturated carbocycles. The second-order valence-corrected chi connectivity index (χ2v) is 6.43. The Morgan fingerprint density at radius 2 is 1.68 bits per heavy atom. The van der Waals surface area contributed by atoms with Crippen LogP contribution in [0.3, 0.4) is 0 Å². The van der Waals surface area contributed by atoms with E-state index in [9.17, 15) is 9.59 Å². The van der Waals surface area contributed by atoms with Crippen LogP contribution < -0.4 is 10.6 Å². The Bertz CT molecular complexity index is 711. The summed E-state index contributed by atoms with van der Waals surface area (Å²) < 4.78 is 0. The van der Waals surface area contributed by atoms with Crippen LogP contribution >= 0.6 is 0 Å². The monoisotopic (exact) mass is 338 g/mol. The number of nitrogens with one attached hydrogen (secondary N) is 2. The molecular weight excluding hydrogens is 312 g/mol. The van der Waals surface area contributed by atoms with Gasteiger partial charge >= 0.3 is 0 Å². The van der Waals surface area contributed by atoms with Gasteiger partial charge in [0.2, 0.25) is 11.8 Å². The highest BCUT2D eigenvalue weighted by atomic mass is 16.2. The Balaban J connectivity index is 1.98. The minimum absolute atomic E-state index is 0.0173. The number of carbonyl (C=O) groups excluding carboxylic acids is 2. The number of benzene rings is 2. The number of anilines is 1. The number of hydrogen-bond acceptors (Lipinski definition) is 2. The molecular formula is C21H26N2O2. The molecule has 2 rings (SSSR count). The highest BCUT2D eigenvalue weighted by Gasteiger charge is 2.18. The molecule has 0 aliphatic carbocycles. The summed E-state index contributed by atoms with van der Waals surface area (Å²) in [6.07, 6.45) is 0.750. The van der Waals surface area contributed by atoms with Gasteiger partial charge in [-0.15, -0.1) is 0 Å². The topological polar surface area (TPSA) is 58.2 Å². The quantitative estimate of drug-likeness (QED) is 0.799. The van der Waals surface area contributed by atoms with Crippen molar-refractivity contribution in [3.8, 4) is 0 Å². The van der Waals surface area contributed by atoms with Crippen molar-refractivity contribution in [3.63, 3.8) is 0 Å². The lowest BCUT2D eigenvalue weighted by molar-refractivity contribution is -0.123. The average Bonchev–Trinajstić information content (AvgIpc) is 2.62. The molecule has 2 amide bonds. The molecule has 25 heavy (non-hydrogen) atoms. The van der Waals surface area contributed by atoms with Crippen molar-refractivity contribution in [2.75, 3.05) is 5.32 Å². The van der Waals surface area contributed by atoms with Crippen molar-refractivity contribution in [1.82, 2.24) is 5.32 Å². The minimum atomic E-state index is -0.148. The van der Waals surface area contributed by atoms with E-state index < -0.39 is 0 Å². The van der Waals surface area contributed by atoms with E-state index in [4.69, 9.17) is 0 Å². The molecule has 2 N–H and O–H groups in total. The molecule has 0 saturated heterocycles. The zero-order chi connectivity index (χ0) is 18.2. The molecule has 1 unspecified atom stereocenters. The van der Waals surface area contributed by atoms with Crippen molar-refractivity contribution in [2.45, 2.75) is 39.7 Å². The highest BCUT2D eigenvalue weighted by molar-refractivity contribution is 5.92. The van der Waals surface area contributed by atoms with Gasteiger partial charge in [-0.1, -0.05) is 63.2 Å². The van der Waals surface area contributed by atoms with Crippen LogP contribution in [0.15, 0.2) is 54.6 Å². The molecule has 0 heterocycles. The van der Waals surface area contributed by atoms with Crippen LogP contribution in [0.2, 0.25) is 0 Å². The largest absolute Gasteiger partial charge is 0.351 e. The molecule has 0 aromatic heterocycles. The maximum Gasteiger partial charge on any atom is 0.227 e. The Morgan fingerprint density at radius 3 is 2.32 bits per heavy atom. The van der Waals surface area contributed by atoms with Crippen LogP contribution in [0.1, 0.15) is 44.2 Å². The van der Waals surface area contributed by atoms with Gasteiger partial charge in [-0.05, 0) is 29.7 Å². The van der Waals surface area contributed by atoms with Crippen LogP contribution in [0.25, 0.3) is 0 Å². The first-order chi connectivity index (χ1) is 12.0. The Hall–Kier alpha value is -2.62. The zero-order valence-corrected chi connectivity index (χ0v) is 15.1. The Kier molecular flexibility index (Phi) is 6.75. The summed E-state index contributed by atoms with van der Waals surface area (Å²) in [4.78, 5) is 24.3. The maximum atomic E-state index is 12.5. The van der Waals surface area contributed by atoms with Gasteiger partial charge in [0.15, 0.2) is 0 Å². The maximum absolute atomic E-state index is 12.5. The first-order valence-electron chi connectivity index (χ1n) is 8.73. The van der Waals surface area contributed by atoms with E-state index >= 15 is 0 Å². The summed E-state index contributed by atoms with van der Waals surface area (Å²) in [5, 5.41) is 5.88. The standard InChI is InChI=1S/C21H26N2O2/c1-4-19(17-10-6-5-7-11-17)21(25)22-14-16-9-8-12-18(13-16)23-20(24)15(2)3/h5-13,15,19H,4,14H2,1-3H3,(H,22,25)(H,23,24). The third kappa shape index (κ3) is 5.45. The van der Waals surface area contributed by atoms with Crippen LogP contribution in [0, 0.1) is 5.92 Å². The van der Waals surface area contributed by atoms with Crippen molar-refractivity contribution >= 4 is 17.5 Å². The minimum Gasteiger partial charge on any atom is -0.351 e. The van der Waals surface area contributed by atoms with E-state index in [0.29, 0.717) is 6.54 Å². The smallest absolute Gasteiger partial charge is 0.227 e. The fourth-order valence-electron chi connectivity index (χ4n) is 2.62. The molecule has 0 aliphatic rings. The SMILES string of the molecule is CCC(C(=O)NCc1cccc(NC(=O)C(C)C)c1)c1ccccc1. The zero-order valence-electron chi connectivity index (χ0n) is 15.1. The molecule has 1 atom stereocenters. The van der Waals surface area contributed by atoms with E-state index in [2.05, 4.69) is 10.6 Å². The van der Waals surface area contributed by atoms with Gasteiger partial charge < -0.3 is 10.6 Å². The Labute approximate surface area is 149 Å². The molecule has 0 fully saturated rings. The van der Waals surface area contributed by atoms with E-state index in [1.807, 2.05) is 75.4 Å². The molecule has 2 aromatic carbocycles. The average molecular weight is 338 g/mol. The van der Waals surface area contributed by atoms with Gasteiger partial charge in [0, 0.05) is 18.2 Å². The second-order valence-electron chi connectivity index (χ2n) is 6.43. The summed E-state index contributed by atoms with van der Waals surface area (Å²) in [7, 11) is 0. The van der Waals surface area contributed by atoms with Gasteiger partial charge in [0.05, 0.1) is 5.92 Å². The van der Waals surface area contributed by atoms with Crippen LogP contribution in [-0.4, -0.2) is 11.8 Å². The fourth-order valence-corrected chi connectivity index (χ4v) is 2.62.